The Morgan fingerprint density at radius 1 is 1.13 bits per heavy atom. The van der Waals surface area contributed by atoms with Gasteiger partial charge < -0.3 is 5.73 Å². The Bertz CT molecular complexity index is 323. The van der Waals surface area contributed by atoms with Crippen molar-refractivity contribution in [3.05, 3.63) is 24.3 Å². The fourth-order valence-electron chi connectivity index (χ4n) is 2.10. The molecule has 1 aromatic carbocycles. The molecule has 82 valence electrons. The quantitative estimate of drug-likeness (QED) is 0.552. The first-order valence-corrected chi connectivity index (χ1v) is 5.49. The largest absolute Gasteiger partial charge is 0.399 e. The topological polar surface area (TPSA) is 29.3 Å². The highest BCUT2D eigenvalue weighted by atomic mass is 15.4. The van der Waals surface area contributed by atoms with Crippen molar-refractivity contribution >= 4 is 11.4 Å². The van der Waals surface area contributed by atoms with Gasteiger partial charge in [-0.05, 0) is 19.2 Å². The molecule has 0 unspecified atom stereocenters. The van der Waals surface area contributed by atoms with Gasteiger partial charge in [-0.15, -0.1) is 0 Å². The standard InChI is InChI=1S/C12H20N3/c1-14-7-9-15(2,10-8-14)12-5-3-11(13)4-6-12/h3-6H,7-10,13H2,1-2H3/q+1. The molecule has 15 heavy (non-hydrogen) atoms. The predicted octanol–water partition coefficient (Wildman–Crippen LogP) is 1.15. The van der Waals surface area contributed by atoms with Crippen LogP contribution in [0.3, 0.4) is 0 Å². The lowest BCUT2D eigenvalue weighted by atomic mass is 10.2. The zero-order valence-electron chi connectivity index (χ0n) is 9.61. The van der Waals surface area contributed by atoms with Crippen LogP contribution < -0.4 is 10.2 Å². The highest BCUT2D eigenvalue weighted by Gasteiger charge is 2.29. The number of anilines is 1. The van der Waals surface area contributed by atoms with Crippen LogP contribution in [0, 0.1) is 0 Å². The lowest BCUT2D eigenvalue weighted by molar-refractivity contribution is 0.182. The van der Waals surface area contributed by atoms with E-state index in [2.05, 4.69) is 31.1 Å². The molecular weight excluding hydrogens is 186 g/mol. The van der Waals surface area contributed by atoms with Gasteiger partial charge in [-0.3, -0.25) is 9.38 Å². The van der Waals surface area contributed by atoms with Crippen molar-refractivity contribution in [3.8, 4) is 0 Å². The van der Waals surface area contributed by atoms with E-state index in [-0.39, 0.29) is 0 Å². The van der Waals surface area contributed by atoms with Gasteiger partial charge >= 0.3 is 0 Å². The Hall–Kier alpha value is -1.06. The zero-order valence-corrected chi connectivity index (χ0v) is 9.61. The van der Waals surface area contributed by atoms with E-state index in [1.54, 1.807) is 0 Å². The zero-order chi connectivity index (χ0) is 10.9. The van der Waals surface area contributed by atoms with Crippen molar-refractivity contribution in [2.45, 2.75) is 0 Å². The van der Waals surface area contributed by atoms with Crippen LogP contribution in [-0.4, -0.2) is 45.2 Å². The van der Waals surface area contributed by atoms with E-state index >= 15 is 0 Å². The van der Waals surface area contributed by atoms with Gasteiger partial charge in [0.15, 0.2) is 0 Å². The predicted molar refractivity (Wildman–Crippen MR) is 65.8 cm³/mol. The first kappa shape index (κ1) is 10.5. The molecule has 0 spiro atoms. The maximum Gasteiger partial charge on any atom is 0.132 e. The van der Waals surface area contributed by atoms with Crippen LogP contribution in [0.25, 0.3) is 0 Å². The SMILES string of the molecule is CN1CC[N+](C)(c2ccc(N)cc2)CC1. The Kier molecular flexibility index (Phi) is 2.67. The number of nitrogens with zero attached hydrogens (tertiary/aromatic N) is 2. The van der Waals surface area contributed by atoms with E-state index in [0.29, 0.717) is 0 Å². The third-order valence-corrected chi connectivity index (χ3v) is 3.47. The summed E-state index contributed by atoms with van der Waals surface area (Å²) in [4.78, 5) is 2.39. The van der Waals surface area contributed by atoms with Gasteiger partial charge in [0.05, 0.1) is 20.1 Å². The number of nitrogen functional groups attached to an aromatic ring is 1. The molecule has 3 heteroatoms. The van der Waals surface area contributed by atoms with Crippen LogP contribution in [0.2, 0.25) is 0 Å². The lowest BCUT2D eigenvalue weighted by Gasteiger charge is -2.40. The van der Waals surface area contributed by atoms with Crippen LogP contribution in [0.1, 0.15) is 0 Å². The minimum Gasteiger partial charge on any atom is -0.399 e. The van der Waals surface area contributed by atoms with Crippen LogP contribution in [0.5, 0.6) is 0 Å². The fraction of sp³-hybridized carbons (Fsp3) is 0.500. The fourth-order valence-corrected chi connectivity index (χ4v) is 2.10. The Morgan fingerprint density at radius 2 is 1.67 bits per heavy atom. The van der Waals surface area contributed by atoms with E-state index in [9.17, 15) is 0 Å². The number of piperazine rings is 1. The van der Waals surface area contributed by atoms with Crippen LogP contribution in [0.15, 0.2) is 24.3 Å². The number of likely N-dealkylation sites (N-methyl/N-ethyl adjacent to an activating group) is 2. The number of hydrogen-bond acceptors (Lipinski definition) is 2. The van der Waals surface area contributed by atoms with Gasteiger partial charge in [0.2, 0.25) is 0 Å². The molecular formula is C12H20N3+. The second-order valence-electron chi connectivity index (χ2n) is 4.74. The third-order valence-electron chi connectivity index (χ3n) is 3.47. The average Bonchev–Trinajstić information content (AvgIpc) is 2.24. The molecule has 2 rings (SSSR count). The molecule has 1 aromatic rings. The first-order valence-electron chi connectivity index (χ1n) is 5.49. The van der Waals surface area contributed by atoms with Crippen molar-refractivity contribution in [1.29, 1.82) is 0 Å². The highest BCUT2D eigenvalue weighted by Crippen LogP contribution is 2.23. The molecule has 1 aliphatic heterocycles. The number of benzene rings is 1. The van der Waals surface area contributed by atoms with Gasteiger partial charge in [0.25, 0.3) is 0 Å². The number of rotatable bonds is 1. The molecule has 2 N–H and O–H groups in total. The van der Waals surface area contributed by atoms with Gasteiger partial charge in [0.1, 0.15) is 5.69 Å². The smallest absolute Gasteiger partial charge is 0.132 e. The second-order valence-corrected chi connectivity index (χ2v) is 4.74. The molecule has 0 atom stereocenters. The Labute approximate surface area is 91.7 Å². The van der Waals surface area contributed by atoms with E-state index in [4.69, 9.17) is 5.73 Å². The average molecular weight is 206 g/mol. The normalized spacial score (nSPS) is 21.5. The van der Waals surface area contributed by atoms with Gasteiger partial charge in [-0.2, -0.15) is 0 Å². The number of hydrogen-bond donors (Lipinski definition) is 1. The van der Waals surface area contributed by atoms with Crippen molar-refractivity contribution in [1.82, 2.24) is 9.38 Å². The molecule has 1 aliphatic rings. The van der Waals surface area contributed by atoms with Gasteiger partial charge in [0, 0.05) is 30.9 Å². The highest BCUT2D eigenvalue weighted by molar-refractivity contribution is 5.50. The van der Waals surface area contributed by atoms with Crippen molar-refractivity contribution in [3.63, 3.8) is 0 Å². The molecule has 1 heterocycles. The Balaban J connectivity index is 2.18. The maximum atomic E-state index is 5.71. The van der Waals surface area contributed by atoms with Crippen LogP contribution in [0.4, 0.5) is 11.4 Å². The van der Waals surface area contributed by atoms with E-state index in [1.165, 1.54) is 31.9 Å². The molecule has 0 radical (unpaired) electrons. The molecule has 1 saturated heterocycles. The first-order chi connectivity index (χ1) is 7.10. The third kappa shape index (κ3) is 2.13. The monoisotopic (exact) mass is 206 g/mol. The number of nitrogens with two attached hydrogens (primary N) is 1. The van der Waals surface area contributed by atoms with Crippen molar-refractivity contribution in [2.75, 3.05) is 46.0 Å². The minimum atomic E-state index is 0.847. The molecule has 0 amide bonds. The van der Waals surface area contributed by atoms with Gasteiger partial charge in [-0.1, -0.05) is 0 Å². The summed E-state index contributed by atoms with van der Waals surface area (Å²) in [6.45, 7) is 4.70. The summed E-state index contributed by atoms with van der Waals surface area (Å²) in [5.74, 6) is 0. The van der Waals surface area contributed by atoms with E-state index < -0.39 is 0 Å². The summed E-state index contributed by atoms with van der Waals surface area (Å²) < 4.78 is 1.03. The van der Waals surface area contributed by atoms with Crippen LogP contribution >= 0.6 is 0 Å². The molecule has 0 aromatic heterocycles. The van der Waals surface area contributed by atoms with E-state index in [1.807, 2.05) is 12.1 Å². The molecule has 0 saturated carbocycles. The summed E-state index contributed by atoms with van der Waals surface area (Å²) in [5, 5.41) is 0. The molecule has 1 fully saturated rings. The molecule has 3 nitrogen and oxygen atoms in total. The number of quaternary nitrogens is 1. The van der Waals surface area contributed by atoms with Crippen molar-refractivity contribution in [2.24, 2.45) is 0 Å². The van der Waals surface area contributed by atoms with Crippen LogP contribution in [-0.2, 0) is 0 Å². The lowest BCUT2D eigenvalue weighted by Crippen LogP contribution is -2.57. The summed E-state index contributed by atoms with van der Waals surface area (Å²) in [7, 11) is 4.49. The summed E-state index contributed by atoms with van der Waals surface area (Å²) >= 11 is 0. The summed E-state index contributed by atoms with van der Waals surface area (Å²) in [6.07, 6.45) is 0. The van der Waals surface area contributed by atoms with Crippen molar-refractivity contribution < 1.29 is 0 Å². The summed E-state index contributed by atoms with van der Waals surface area (Å²) in [5.41, 5.74) is 7.93. The van der Waals surface area contributed by atoms with E-state index in [0.717, 1.165) is 10.2 Å². The minimum absolute atomic E-state index is 0.847. The Morgan fingerprint density at radius 3 is 2.20 bits per heavy atom. The molecule has 0 bridgehead atoms. The molecule has 0 aliphatic carbocycles. The van der Waals surface area contributed by atoms with Gasteiger partial charge in [-0.25, -0.2) is 0 Å². The second kappa shape index (κ2) is 3.83. The summed E-state index contributed by atoms with van der Waals surface area (Å²) in [6, 6.07) is 8.30. The maximum absolute atomic E-state index is 5.71.